The molecule has 1 aromatic rings. The lowest BCUT2D eigenvalue weighted by atomic mass is 10.2. The number of benzene rings is 1. The van der Waals surface area contributed by atoms with E-state index < -0.39 is 0 Å². The Bertz CT molecular complexity index is 479. The van der Waals surface area contributed by atoms with Crippen molar-refractivity contribution >= 4 is 47.4 Å². The summed E-state index contributed by atoms with van der Waals surface area (Å²) in [5, 5.41) is 6.40. The summed E-state index contributed by atoms with van der Waals surface area (Å²) in [6.07, 6.45) is 4.69. The van der Waals surface area contributed by atoms with Crippen LogP contribution >= 0.6 is 35.6 Å². The van der Waals surface area contributed by atoms with Crippen molar-refractivity contribution in [3.05, 3.63) is 34.9 Å². The summed E-state index contributed by atoms with van der Waals surface area (Å²) >= 11 is 5.78. The second-order valence-electron chi connectivity index (χ2n) is 5.02. The monoisotopic (exact) mass is 452 g/mol. The maximum atomic E-state index is 11.8. The largest absolute Gasteiger partial charge is 0.370 e. The van der Waals surface area contributed by atoms with Gasteiger partial charge in [-0.2, -0.15) is 0 Å². The maximum Gasteiger partial charge on any atom is 0.251 e. The van der Waals surface area contributed by atoms with Crippen molar-refractivity contribution in [3.63, 3.8) is 0 Å². The quantitative estimate of drug-likeness (QED) is 0.233. The molecular formula is C16H26ClIN4O. The van der Waals surface area contributed by atoms with Gasteiger partial charge in [0.05, 0.1) is 0 Å². The maximum absolute atomic E-state index is 11.8. The SMILES string of the molecule is CCCCCCN=C(N)NCCNC(=O)c1ccc(Cl)cc1.I. The van der Waals surface area contributed by atoms with Gasteiger partial charge in [-0.05, 0) is 30.7 Å². The zero-order chi connectivity index (χ0) is 16.2. The van der Waals surface area contributed by atoms with E-state index in [0.29, 0.717) is 29.6 Å². The zero-order valence-electron chi connectivity index (χ0n) is 13.5. The number of halogens is 2. The van der Waals surface area contributed by atoms with Crippen LogP contribution in [0.4, 0.5) is 0 Å². The third kappa shape index (κ3) is 10.4. The van der Waals surface area contributed by atoms with E-state index in [1.165, 1.54) is 19.3 Å². The molecule has 4 N–H and O–H groups in total. The normalized spacial score (nSPS) is 10.8. The van der Waals surface area contributed by atoms with Crippen LogP contribution in [0.25, 0.3) is 0 Å². The number of unbranched alkanes of at least 4 members (excludes halogenated alkanes) is 3. The van der Waals surface area contributed by atoms with Crippen molar-refractivity contribution in [2.75, 3.05) is 19.6 Å². The Morgan fingerprint density at radius 1 is 1.13 bits per heavy atom. The molecule has 0 aliphatic heterocycles. The first-order valence-corrected chi connectivity index (χ1v) is 8.09. The highest BCUT2D eigenvalue weighted by Gasteiger charge is 2.03. The third-order valence-electron chi connectivity index (χ3n) is 3.12. The summed E-state index contributed by atoms with van der Waals surface area (Å²) in [5.41, 5.74) is 6.33. The lowest BCUT2D eigenvalue weighted by Gasteiger charge is -2.07. The van der Waals surface area contributed by atoms with Crippen LogP contribution in [0.2, 0.25) is 5.02 Å². The average Bonchev–Trinajstić information content (AvgIpc) is 2.52. The molecule has 0 heterocycles. The van der Waals surface area contributed by atoms with Crippen LogP contribution in [0.1, 0.15) is 43.0 Å². The fraction of sp³-hybridized carbons (Fsp3) is 0.500. The van der Waals surface area contributed by atoms with Crippen molar-refractivity contribution in [3.8, 4) is 0 Å². The summed E-state index contributed by atoms with van der Waals surface area (Å²) in [6, 6.07) is 6.77. The van der Waals surface area contributed by atoms with Crippen LogP contribution in [-0.4, -0.2) is 31.5 Å². The number of nitrogens with zero attached hydrogens (tertiary/aromatic N) is 1. The van der Waals surface area contributed by atoms with Crippen LogP contribution in [0.5, 0.6) is 0 Å². The van der Waals surface area contributed by atoms with Gasteiger partial charge in [0.25, 0.3) is 5.91 Å². The molecule has 0 radical (unpaired) electrons. The Kier molecular flexibility index (Phi) is 12.8. The van der Waals surface area contributed by atoms with Crippen LogP contribution in [-0.2, 0) is 0 Å². The smallest absolute Gasteiger partial charge is 0.251 e. The predicted molar refractivity (Wildman–Crippen MR) is 108 cm³/mol. The van der Waals surface area contributed by atoms with Gasteiger partial charge in [0.1, 0.15) is 0 Å². The summed E-state index contributed by atoms with van der Waals surface area (Å²) in [6.45, 7) is 3.95. The fourth-order valence-corrected chi connectivity index (χ4v) is 1.99. The van der Waals surface area contributed by atoms with Crippen LogP contribution in [0.3, 0.4) is 0 Å². The molecule has 0 saturated carbocycles. The van der Waals surface area contributed by atoms with Gasteiger partial charge in [0.15, 0.2) is 5.96 Å². The molecule has 0 aromatic heterocycles. The molecule has 1 rings (SSSR count). The lowest BCUT2D eigenvalue weighted by molar-refractivity contribution is 0.0954. The van der Waals surface area contributed by atoms with Gasteiger partial charge in [-0.25, -0.2) is 0 Å². The Morgan fingerprint density at radius 2 is 1.78 bits per heavy atom. The first-order valence-electron chi connectivity index (χ1n) is 7.71. The molecule has 23 heavy (non-hydrogen) atoms. The van der Waals surface area contributed by atoms with E-state index in [4.69, 9.17) is 17.3 Å². The highest BCUT2D eigenvalue weighted by atomic mass is 127. The molecular weight excluding hydrogens is 427 g/mol. The van der Waals surface area contributed by atoms with Crippen molar-refractivity contribution < 1.29 is 4.79 Å². The van der Waals surface area contributed by atoms with Gasteiger partial charge in [-0.15, -0.1) is 24.0 Å². The second-order valence-corrected chi connectivity index (χ2v) is 5.45. The number of carbonyl (C=O) groups is 1. The average molecular weight is 453 g/mol. The van der Waals surface area contributed by atoms with Crippen LogP contribution in [0.15, 0.2) is 29.3 Å². The van der Waals surface area contributed by atoms with Gasteiger partial charge in [0, 0.05) is 30.2 Å². The van der Waals surface area contributed by atoms with E-state index in [-0.39, 0.29) is 29.9 Å². The van der Waals surface area contributed by atoms with Crippen molar-refractivity contribution in [2.24, 2.45) is 10.7 Å². The second kappa shape index (κ2) is 13.4. The number of hydrogen-bond acceptors (Lipinski definition) is 2. The Hall–Kier alpha value is -1.02. The molecule has 0 aliphatic rings. The van der Waals surface area contributed by atoms with E-state index in [2.05, 4.69) is 22.5 Å². The van der Waals surface area contributed by atoms with E-state index in [0.717, 1.165) is 13.0 Å². The van der Waals surface area contributed by atoms with Gasteiger partial charge in [0.2, 0.25) is 0 Å². The molecule has 0 atom stereocenters. The highest BCUT2D eigenvalue weighted by Crippen LogP contribution is 2.09. The molecule has 130 valence electrons. The van der Waals surface area contributed by atoms with Gasteiger partial charge < -0.3 is 16.4 Å². The van der Waals surface area contributed by atoms with Crippen molar-refractivity contribution in [2.45, 2.75) is 32.6 Å². The summed E-state index contributed by atoms with van der Waals surface area (Å²) in [5.74, 6) is 0.297. The van der Waals surface area contributed by atoms with E-state index in [1.54, 1.807) is 24.3 Å². The fourth-order valence-electron chi connectivity index (χ4n) is 1.86. The minimum absolute atomic E-state index is 0. The third-order valence-corrected chi connectivity index (χ3v) is 3.37. The Morgan fingerprint density at radius 3 is 2.43 bits per heavy atom. The zero-order valence-corrected chi connectivity index (χ0v) is 16.6. The van der Waals surface area contributed by atoms with Crippen molar-refractivity contribution in [1.82, 2.24) is 10.6 Å². The minimum atomic E-state index is -0.131. The molecule has 0 spiro atoms. The number of nitrogens with one attached hydrogen (secondary N) is 2. The van der Waals surface area contributed by atoms with E-state index in [1.807, 2.05) is 0 Å². The predicted octanol–water partition coefficient (Wildman–Crippen LogP) is 3.17. The number of hydrogen-bond donors (Lipinski definition) is 3. The van der Waals surface area contributed by atoms with E-state index >= 15 is 0 Å². The number of aliphatic imine (C=N–C) groups is 1. The molecule has 7 heteroatoms. The number of nitrogens with two attached hydrogens (primary N) is 1. The van der Waals surface area contributed by atoms with Crippen molar-refractivity contribution in [1.29, 1.82) is 0 Å². The van der Waals surface area contributed by atoms with Gasteiger partial charge in [-0.3, -0.25) is 9.79 Å². The molecule has 1 amide bonds. The number of amides is 1. The Labute approximate surface area is 160 Å². The van der Waals surface area contributed by atoms with Crippen LogP contribution < -0.4 is 16.4 Å². The molecule has 1 aromatic carbocycles. The summed E-state index contributed by atoms with van der Waals surface area (Å²) < 4.78 is 0. The molecule has 0 fully saturated rings. The number of rotatable bonds is 9. The minimum Gasteiger partial charge on any atom is -0.370 e. The topological polar surface area (TPSA) is 79.5 Å². The molecule has 0 bridgehead atoms. The number of guanidine groups is 1. The molecule has 5 nitrogen and oxygen atoms in total. The van der Waals surface area contributed by atoms with Gasteiger partial charge in [-0.1, -0.05) is 37.8 Å². The Balaban J connectivity index is 0.00000484. The van der Waals surface area contributed by atoms with Crippen LogP contribution in [0, 0.1) is 0 Å². The molecule has 0 saturated heterocycles. The van der Waals surface area contributed by atoms with E-state index in [9.17, 15) is 4.79 Å². The summed E-state index contributed by atoms with van der Waals surface area (Å²) in [4.78, 5) is 16.1. The standard InChI is InChI=1S/C16H25ClN4O.HI/c1-2-3-4-5-10-20-16(18)21-12-11-19-15(22)13-6-8-14(17)9-7-13;/h6-9H,2-5,10-12H2,1H3,(H,19,22)(H3,18,20,21);1H. The lowest BCUT2D eigenvalue weighted by Crippen LogP contribution is -2.38. The molecule has 0 aliphatic carbocycles. The first-order chi connectivity index (χ1) is 10.6. The number of carbonyl (C=O) groups excluding carboxylic acids is 1. The highest BCUT2D eigenvalue weighted by molar-refractivity contribution is 14.0. The molecule has 0 unspecified atom stereocenters. The van der Waals surface area contributed by atoms with Gasteiger partial charge >= 0.3 is 0 Å². The summed E-state index contributed by atoms with van der Waals surface area (Å²) in [7, 11) is 0. The first kappa shape index (κ1) is 22.0.